The van der Waals surface area contributed by atoms with Gasteiger partial charge in [0.15, 0.2) is 9.84 Å². The minimum Gasteiger partial charge on any atom is -0.224 e. The third-order valence-electron chi connectivity index (χ3n) is 2.82. The lowest BCUT2D eigenvalue weighted by atomic mass is 10.2. The number of benzene rings is 1. The second kappa shape index (κ2) is 6.99. The highest BCUT2D eigenvalue weighted by Crippen LogP contribution is 2.42. The van der Waals surface area contributed by atoms with Crippen LogP contribution in [0.5, 0.6) is 0 Å². The fourth-order valence-electron chi connectivity index (χ4n) is 1.67. The smallest absolute Gasteiger partial charge is 0.224 e. The van der Waals surface area contributed by atoms with E-state index in [1.54, 1.807) is 0 Å². The zero-order valence-corrected chi connectivity index (χ0v) is 17.1. The van der Waals surface area contributed by atoms with Gasteiger partial charge in [-0.1, -0.05) is 35.3 Å². The van der Waals surface area contributed by atoms with Crippen molar-refractivity contribution in [2.45, 2.75) is 16.3 Å². The second-order valence-corrected chi connectivity index (χ2v) is 11.3. The summed E-state index contributed by atoms with van der Waals surface area (Å²) in [5.41, 5.74) is 0.606. The van der Waals surface area contributed by atoms with Crippen molar-refractivity contribution in [3.05, 3.63) is 43.0 Å². The van der Waals surface area contributed by atoms with Crippen molar-refractivity contribution >= 4 is 70.3 Å². The average Bonchev–Trinajstić information content (AvgIpc) is 2.70. The Morgan fingerprint density at radius 3 is 2.09 bits per heavy atom. The van der Waals surface area contributed by atoms with Gasteiger partial charge in [0.2, 0.25) is 10.0 Å². The number of halogens is 3. The second-order valence-electron chi connectivity index (χ2n) is 4.53. The van der Waals surface area contributed by atoms with Crippen molar-refractivity contribution in [3.63, 3.8) is 0 Å². The normalized spacial score (nSPS) is 12.5. The first kappa shape index (κ1) is 19.2. The van der Waals surface area contributed by atoms with Crippen LogP contribution in [0.4, 0.5) is 0 Å². The van der Waals surface area contributed by atoms with Crippen molar-refractivity contribution in [3.8, 4) is 0 Å². The topological polar surface area (TPSA) is 80.3 Å². The fourth-order valence-corrected chi connectivity index (χ4v) is 6.87. The molecule has 1 heterocycles. The maximum absolute atomic E-state index is 12.3. The van der Waals surface area contributed by atoms with E-state index in [-0.39, 0.29) is 29.5 Å². The minimum absolute atomic E-state index is 0.0113. The van der Waals surface area contributed by atoms with E-state index in [1.165, 1.54) is 24.3 Å². The largest absolute Gasteiger partial charge is 0.244 e. The lowest BCUT2D eigenvalue weighted by molar-refractivity contribution is 0.581. The van der Waals surface area contributed by atoms with Crippen LogP contribution in [0.15, 0.2) is 38.5 Å². The molecule has 2 aromatic rings. The van der Waals surface area contributed by atoms with E-state index in [2.05, 4.69) is 20.7 Å². The van der Waals surface area contributed by atoms with Crippen LogP contribution in [0.3, 0.4) is 0 Å². The molecule has 23 heavy (non-hydrogen) atoms. The van der Waals surface area contributed by atoms with Gasteiger partial charge in [0.25, 0.3) is 0 Å². The zero-order valence-electron chi connectivity index (χ0n) is 11.5. The Kier molecular flexibility index (Phi) is 5.82. The first-order valence-corrected chi connectivity index (χ1v) is 11.7. The molecule has 0 atom stereocenters. The maximum atomic E-state index is 12.3. The molecule has 0 unspecified atom stereocenters. The van der Waals surface area contributed by atoms with Crippen LogP contribution in [0.1, 0.15) is 5.56 Å². The van der Waals surface area contributed by atoms with E-state index in [0.29, 0.717) is 5.56 Å². The molecule has 0 aliphatic rings. The molecule has 0 radical (unpaired) electrons. The summed E-state index contributed by atoms with van der Waals surface area (Å²) in [5, 5.41) is 0. The number of hydrogen-bond donors (Lipinski definition) is 1. The van der Waals surface area contributed by atoms with Crippen molar-refractivity contribution in [2.24, 2.45) is 0 Å². The van der Waals surface area contributed by atoms with E-state index >= 15 is 0 Å². The standard InChI is InChI=1S/C12H10BrCl2NO4S3/c1-22(17,18)8-4-2-7(3-5-8)6-16-23(19,20)10-9(13)11(14)21-12(10)15/h2-5,16H,6H2,1H3. The van der Waals surface area contributed by atoms with Crippen LogP contribution >= 0.6 is 50.5 Å². The van der Waals surface area contributed by atoms with Gasteiger partial charge in [-0.15, -0.1) is 11.3 Å². The molecule has 11 heteroatoms. The van der Waals surface area contributed by atoms with Crippen LogP contribution in [-0.4, -0.2) is 23.1 Å². The molecule has 0 spiro atoms. The van der Waals surface area contributed by atoms with Crippen LogP contribution in [0.25, 0.3) is 0 Å². The number of thiophene rings is 1. The van der Waals surface area contributed by atoms with Crippen molar-refractivity contribution in [1.82, 2.24) is 4.72 Å². The molecule has 0 fully saturated rings. The summed E-state index contributed by atoms with van der Waals surface area (Å²) in [6.45, 7) is -0.0113. The monoisotopic (exact) mass is 477 g/mol. The van der Waals surface area contributed by atoms with E-state index in [1.807, 2.05) is 0 Å². The molecule has 2 rings (SSSR count). The van der Waals surface area contributed by atoms with Crippen LogP contribution in [0.2, 0.25) is 8.67 Å². The third kappa shape index (κ3) is 4.47. The number of sulfone groups is 1. The minimum atomic E-state index is -3.86. The Balaban J connectivity index is 2.20. The summed E-state index contributed by atoms with van der Waals surface area (Å²) in [6, 6.07) is 5.92. The molecular formula is C12H10BrCl2NO4S3. The molecule has 0 amide bonds. The summed E-state index contributed by atoms with van der Waals surface area (Å²) < 4.78 is 50.3. The summed E-state index contributed by atoms with van der Waals surface area (Å²) >= 11 is 15.8. The Morgan fingerprint density at radius 2 is 1.65 bits per heavy atom. The van der Waals surface area contributed by atoms with Gasteiger partial charge < -0.3 is 0 Å². The molecule has 0 saturated heterocycles. The van der Waals surface area contributed by atoms with E-state index < -0.39 is 19.9 Å². The predicted octanol–water partition coefficient (Wildman–Crippen LogP) is 3.70. The molecule has 126 valence electrons. The van der Waals surface area contributed by atoms with Gasteiger partial charge in [-0.25, -0.2) is 21.6 Å². The summed E-state index contributed by atoms with van der Waals surface area (Å²) in [6.07, 6.45) is 1.10. The number of sulfonamides is 1. The number of nitrogens with one attached hydrogen (secondary N) is 1. The lowest BCUT2D eigenvalue weighted by Gasteiger charge is -2.07. The molecule has 1 aromatic heterocycles. The molecule has 0 aliphatic carbocycles. The fraction of sp³-hybridized carbons (Fsp3) is 0.167. The summed E-state index contributed by atoms with van der Waals surface area (Å²) in [7, 11) is -7.15. The highest BCUT2D eigenvalue weighted by molar-refractivity contribution is 9.10. The van der Waals surface area contributed by atoms with E-state index in [0.717, 1.165) is 17.6 Å². The predicted molar refractivity (Wildman–Crippen MR) is 95.6 cm³/mol. The Hall–Kier alpha value is -0.160. The van der Waals surface area contributed by atoms with E-state index in [9.17, 15) is 16.8 Å². The van der Waals surface area contributed by atoms with Gasteiger partial charge in [-0.3, -0.25) is 0 Å². The first-order chi connectivity index (χ1) is 10.5. The first-order valence-electron chi connectivity index (χ1n) is 5.94. The van der Waals surface area contributed by atoms with Crippen molar-refractivity contribution < 1.29 is 16.8 Å². The van der Waals surface area contributed by atoms with E-state index in [4.69, 9.17) is 23.2 Å². The molecule has 5 nitrogen and oxygen atoms in total. The van der Waals surface area contributed by atoms with Crippen LogP contribution < -0.4 is 4.72 Å². The third-order valence-corrected chi connectivity index (χ3v) is 8.81. The molecule has 0 saturated carbocycles. The SMILES string of the molecule is CS(=O)(=O)c1ccc(CNS(=O)(=O)c2c(Cl)sc(Cl)c2Br)cc1. The van der Waals surface area contributed by atoms with Gasteiger partial charge in [0, 0.05) is 12.8 Å². The lowest BCUT2D eigenvalue weighted by Crippen LogP contribution is -2.23. The maximum Gasteiger partial charge on any atom is 0.244 e. The van der Waals surface area contributed by atoms with Gasteiger partial charge in [0.1, 0.15) is 13.6 Å². The van der Waals surface area contributed by atoms with Gasteiger partial charge >= 0.3 is 0 Å². The molecule has 1 N–H and O–H groups in total. The van der Waals surface area contributed by atoms with Crippen LogP contribution in [-0.2, 0) is 26.4 Å². The summed E-state index contributed by atoms with van der Waals surface area (Å²) in [5.74, 6) is 0. The van der Waals surface area contributed by atoms with Gasteiger partial charge in [-0.05, 0) is 33.6 Å². The Labute approximate surface area is 156 Å². The Bertz CT molecular complexity index is 937. The quantitative estimate of drug-likeness (QED) is 0.710. The molecule has 0 bridgehead atoms. The number of rotatable bonds is 5. The van der Waals surface area contributed by atoms with Crippen molar-refractivity contribution in [1.29, 1.82) is 0 Å². The number of hydrogen-bond acceptors (Lipinski definition) is 5. The molecule has 1 aromatic carbocycles. The highest BCUT2D eigenvalue weighted by atomic mass is 79.9. The van der Waals surface area contributed by atoms with Crippen LogP contribution in [0, 0.1) is 0 Å². The highest BCUT2D eigenvalue weighted by Gasteiger charge is 2.26. The summed E-state index contributed by atoms with van der Waals surface area (Å²) in [4.78, 5) is 0.0569. The Morgan fingerprint density at radius 1 is 1.09 bits per heavy atom. The average molecular weight is 479 g/mol. The molecular weight excluding hydrogens is 469 g/mol. The van der Waals surface area contributed by atoms with Gasteiger partial charge in [0.05, 0.1) is 9.37 Å². The molecule has 0 aliphatic heterocycles. The van der Waals surface area contributed by atoms with Gasteiger partial charge in [-0.2, -0.15) is 0 Å². The zero-order chi connectivity index (χ0) is 17.4. The van der Waals surface area contributed by atoms with Crippen molar-refractivity contribution in [2.75, 3.05) is 6.26 Å².